The Morgan fingerprint density at radius 1 is 1.00 bits per heavy atom. The summed E-state index contributed by atoms with van der Waals surface area (Å²) in [5.41, 5.74) is -0.0285. The summed E-state index contributed by atoms with van der Waals surface area (Å²) in [6, 6.07) is 0. The number of thiocarbonyl (C=S) groups is 1. The fourth-order valence-electron chi connectivity index (χ4n) is 1.92. The maximum Gasteiger partial charge on any atom is 0.524 e. The minimum atomic E-state index is -2.77. The zero-order valence-electron chi connectivity index (χ0n) is 13.5. The lowest BCUT2D eigenvalue weighted by Gasteiger charge is -2.35. The second kappa shape index (κ2) is 11.4. The van der Waals surface area contributed by atoms with Gasteiger partial charge < -0.3 is 23.9 Å². The molecule has 0 radical (unpaired) electrons. The molecule has 0 spiro atoms. The quantitative estimate of drug-likeness (QED) is 0.449. The van der Waals surface area contributed by atoms with Crippen molar-refractivity contribution < 1.29 is 13.3 Å². The van der Waals surface area contributed by atoms with Gasteiger partial charge in [0.1, 0.15) is 0 Å². The molecule has 0 fully saturated rings. The highest BCUT2D eigenvalue weighted by atomic mass is 32.1. The van der Waals surface area contributed by atoms with Gasteiger partial charge in [0, 0.05) is 26.4 Å². The summed E-state index contributed by atoms with van der Waals surface area (Å²) in [7, 11) is -2.77. The lowest BCUT2D eigenvalue weighted by Crippen LogP contribution is -2.63. The van der Waals surface area contributed by atoms with Gasteiger partial charge in [0.15, 0.2) is 5.11 Å². The van der Waals surface area contributed by atoms with Gasteiger partial charge in [-0.25, -0.2) is 0 Å². The van der Waals surface area contributed by atoms with Crippen molar-refractivity contribution >= 4 is 26.1 Å². The highest BCUT2D eigenvalue weighted by molar-refractivity contribution is 7.80. The maximum absolute atomic E-state index is 5.91. The van der Waals surface area contributed by atoms with Crippen molar-refractivity contribution in [1.29, 1.82) is 0 Å². The van der Waals surface area contributed by atoms with E-state index in [1.165, 1.54) is 0 Å². The number of hydrogen-bond donors (Lipinski definition) is 2. The molecule has 2 N–H and O–H groups in total. The molecule has 0 amide bonds. The Morgan fingerprint density at radius 2 is 1.50 bits per heavy atom. The molecule has 5 nitrogen and oxygen atoms in total. The molecule has 7 heteroatoms. The Bertz CT molecular complexity index is 253. The number of rotatable bonds is 11. The molecule has 0 aromatic carbocycles. The first-order chi connectivity index (χ1) is 9.60. The van der Waals surface area contributed by atoms with Crippen LogP contribution in [0, 0.1) is 0 Å². The molecule has 0 aliphatic heterocycles. The van der Waals surface area contributed by atoms with Crippen LogP contribution in [0.25, 0.3) is 0 Å². The fourth-order valence-corrected chi connectivity index (χ4v) is 5.15. The molecule has 0 aliphatic rings. The van der Waals surface area contributed by atoms with Crippen molar-refractivity contribution in [3.63, 3.8) is 0 Å². The Hall–Kier alpha value is -0.213. The predicted molar refractivity (Wildman–Crippen MR) is 88.7 cm³/mol. The van der Waals surface area contributed by atoms with Crippen LogP contribution in [0.1, 0.15) is 47.5 Å². The molecule has 0 heterocycles. The van der Waals surface area contributed by atoms with Gasteiger partial charge in [-0.05, 0) is 45.8 Å². The maximum atomic E-state index is 5.91. The van der Waals surface area contributed by atoms with E-state index in [0.717, 1.165) is 19.4 Å². The first-order valence-corrected chi connectivity index (χ1v) is 9.77. The first kappa shape index (κ1) is 19.8. The van der Waals surface area contributed by atoms with Crippen LogP contribution in [0.5, 0.6) is 0 Å². The van der Waals surface area contributed by atoms with Crippen molar-refractivity contribution in [2.75, 3.05) is 26.4 Å². The second-order valence-electron chi connectivity index (χ2n) is 4.26. The van der Waals surface area contributed by atoms with Crippen molar-refractivity contribution in [3.05, 3.63) is 0 Å². The molecule has 1 atom stereocenters. The SMILES string of the molecule is CCCNC(=S)NC(CC)[Si](OCC)(OCC)OCC. The standard InChI is InChI=1S/C13H30N2O3SSi/c1-6-11-14-13(19)15-12(7-2)20(16-8-3,17-9-4)18-10-5/h12H,6-11H2,1-5H3,(H2,14,15,19). The van der Waals surface area contributed by atoms with Crippen LogP contribution in [0.2, 0.25) is 0 Å². The van der Waals surface area contributed by atoms with Crippen LogP contribution in [0.3, 0.4) is 0 Å². The Morgan fingerprint density at radius 3 is 1.85 bits per heavy atom. The minimum absolute atomic E-state index is 0.0285. The first-order valence-electron chi connectivity index (χ1n) is 7.56. The molecule has 0 aliphatic carbocycles. The summed E-state index contributed by atoms with van der Waals surface area (Å²) in [5.74, 6) is 0. The highest BCUT2D eigenvalue weighted by Crippen LogP contribution is 2.17. The van der Waals surface area contributed by atoms with E-state index in [9.17, 15) is 0 Å². The van der Waals surface area contributed by atoms with Gasteiger partial charge in [0.25, 0.3) is 0 Å². The molecule has 120 valence electrons. The molecule has 0 aromatic rings. The summed E-state index contributed by atoms with van der Waals surface area (Å²) in [4.78, 5) is 0. The van der Waals surface area contributed by atoms with E-state index < -0.39 is 8.80 Å². The van der Waals surface area contributed by atoms with Crippen LogP contribution in [0.4, 0.5) is 0 Å². The smallest absolute Gasteiger partial charge is 0.373 e. The van der Waals surface area contributed by atoms with E-state index in [0.29, 0.717) is 24.9 Å². The monoisotopic (exact) mass is 322 g/mol. The average Bonchev–Trinajstić information content (AvgIpc) is 2.43. The Labute approximate surface area is 130 Å². The number of hydrogen-bond acceptors (Lipinski definition) is 4. The van der Waals surface area contributed by atoms with Crippen LogP contribution in [-0.2, 0) is 13.3 Å². The largest absolute Gasteiger partial charge is 0.524 e. The van der Waals surface area contributed by atoms with Crippen LogP contribution in [-0.4, -0.2) is 45.9 Å². The van der Waals surface area contributed by atoms with Gasteiger partial charge in [-0.1, -0.05) is 13.8 Å². The Balaban J connectivity index is 4.90. The van der Waals surface area contributed by atoms with Gasteiger partial charge in [-0.2, -0.15) is 0 Å². The summed E-state index contributed by atoms with van der Waals surface area (Å²) in [5, 5.41) is 7.11. The van der Waals surface area contributed by atoms with Crippen molar-refractivity contribution in [1.82, 2.24) is 10.6 Å². The molecule has 20 heavy (non-hydrogen) atoms. The molecular weight excluding hydrogens is 292 g/mol. The van der Waals surface area contributed by atoms with Crippen LogP contribution in [0.15, 0.2) is 0 Å². The van der Waals surface area contributed by atoms with Crippen molar-refractivity contribution in [3.8, 4) is 0 Å². The van der Waals surface area contributed by atoms with Gasteiger partial charge in [-0.3, -0.25) is 0 Å². The summed E-state index contributed by atoms with van der Waals surface area (Å²) in [6.07, 6.45) is 1.86. The molecule has 0 saturated heterocycles. The van der Waals surface area contributed by atoms with E-state index in [2.05, 4.69) is 24.5 Å². The molecule has 0 bridgehead atoms. The predicted octanol–water partition coefficient (Wildman–Crippen LogP) is 2.23. The van der Waals surface area contributed by atoms with Crippen molar-refractivity contribution in [2.45, 2.75) is 53.1 Å². The van der Waals surface area contributed by atoms with E-state index in [1.54, 1.807) is 0 Å². The van der Waals surface area contributed by atoms with E-state index in [-0.39, 0.29) is 5.67 Å². The molecule has 1 unspecified atom stereocenters. The lowest BCUT2D eigenvalue weighted by atomic mass is 10.4. The summed E-state index contributed by atoms with van der Waals surface area (Å²) < 4.78 is 17.7. The van der Waals surface area contributed by atoms with E-state index in [4.69, 9.17) is 25.5 Å². The average molecular weight is 323 g/mol. The van der Waals surface area contributed by atoms with E-state index >= 15 is 0 Å². The van der Waals surface area contributed by atoms with Crippen LogP contribution < -0.4 is 10.6 Å². The molecule has 0 rings (SSSR count). The lowest BCUT2D eigenvalue weighted by molar-refractivity contribution is 0.0596. The van der Waals surface area contributed by atoms with Crippen molar-refractivity contribution in [2.24, 2.45) is 0 Å². The summed E-state index contributed by atoms with van der Waals surface area (Å²) >= 11 is 5.32. The molecule has 0 aromatic heterocycles. The zero-order chi connectivity index (χ0) is 15.4. The molecule has 0 saturated carbocycles. The minimum Gasteiger partial charge on any atom is -0.373 e. The third-order valence-corrected chi connectivity index (χ3v) is 6.45. The zero-order valence-corrected chi connectivity index (χ0v) is 15.3. The van der Waals surface area contributed by atoms with E-state index in [1.807, 2.05) is 20.8 Å². The van der Waals surface area contributed by atoms with Crippen LogP contribution >= 0.6 is 12.2 Å². The van der Waals surface area contributed by atoms with Gasteiger partial charge >= 0.3 is 8.80 Å². The summed E-state index contributed by atoms with van der Waals surface area (Å²) in [6.45, 7) is 12.6. The highest BCUT2D eigenvalue weighted by Gasteiger charge is 2.49. The third-order valence-electron chi connectivity index (χ3n) is 2.71. The Kier molecular flexibility index (Phi) is 11.3. The van der Waals surface area contributed by atoms with Gasteiger partial charge in [0.2, 0.25) is 0 Å². The van der Waals surface area contributed by atoms with Gasteiger partial charge in [0.05, 0.1) is 5.67 Å². The van der Waals surface area contributed by atoms with Gasteiger partial charge in [-0.15, -0.1) is 0 Å². The fraction of sp³-hybridized carbons (Fsp3) is 0.923. The molecular formula is C13H30N2O3SSi. The third kappa shape index (κ3) is 6.49. The number of nitrogens with one attached hydrogen (secondary N) is 2. The normalized spacial score (nSPS) is 13.1. The topological polar surface area (TPSA) is 51.8 Å². The second-order valence-corrected chi connectivity index (χ2v) is 7.44.